The number of carboxylic acids is 1. The highest BCUT2D eigenvalue weighted by Gasteiger charge is 2.28. The van der Waals surface area contributed by atoms with Crippen molar-refractivity contribution >= 4 is 11.9 Å². The third-order valence-corrected chi connectivity index (χ3v) is 6.53. The molecule has 0 spiro atoms. The second-order valence-electron chi connectivity index (χ2n) is 9.21. The molecule has 12 nitrogen and oxygen atoms in total. The van der Waals surface area contributed by atoms with Crippen molar-refractivity contribution in [2.24, 2.45) is 13.0 Å². The van der Waals surface area contributed by atoms with Gasteiger partial charge in [-0.2, -0.15) is 4.80 Å². The fourth-order valence-corrected chi connectivity index (χ4v) is 4.53. The van der Waals surface area contributed by atoms with E-state index in [-0.39, 0.29) is 12.0 Å². The number of carbonyl (C=O) groups is 1. The van der Waals surface area contributed by atoms with Gasteiger partial charge in [0.25, 0.3) is 5.95 Å². The molecule has 1 aliphatic carbocycles. The number of rotatable bonds is 9. The van der Waals surface area contributed by atoms with Crippen LogP contribution in [0, 0.1) is 12.8 Å². The predicted molar refractivity (Wildman–Crippen MR) is 134 cm³/mol. The summed E-state index contributed by atoms with van der Waals surface area (Å²) in [6, 6.07) is 13.7. The molecule has 37 heavy (non-hydrogen) atoms. The molecule has 2 N–H and O–H groups in total. The summed E-state index contributed by atoms with van der Waals surface area (Å²) in [4.78, 5) is 17.6. The topological polar surface area (TPSA) is 146 Å². The zero-order valence-electron chi connectivity index (χ0n) is 20.8. The molecule has 3 heterocycles. The molecular formula is C25H29N9O3. The molecule has 2 atom stereocenters. The molecule has 1 fully saturated rings. The molecule has 1 aromatic carbocycles. The molecule has 0 amide bonds. The van der Waals surface area contributed by atoms with Crippen LogP contribution in [0.2, 0.25) is 0 Å². The lowest BCUT2D eigenvalue weighted by molar-refractivity contribution is -0.143. The molecule has 192 valence electrons. The highest BCUT2D eigenvalue weighted by atomic mass is 16.5. The first-order chi connectivity index (χ1) is 18.0. The fourth-order valence-electron chi connectivity index (χ4n) is 4.53. The Kier molecular flexibility index (Phi) is 7.06. The van der Waals surface area contributed by atoms with Crippen molar-refractivity contribution in [1.29, 1.82) is 0 Å². The summed E-state index contributed by atoms with van der Waals surface area (Å²) < 4.78 is 7.82. The van der Waals surface area contributed by atoms with Gasteiger partial charge >= 0.3 is 5.97 Å². The first-order valence-electron chi connectivity index (χ1n) is 12.3. The highest BCUT2D eigenvalue weighted by Crippen LogP contribution is 2.30. The Bertz CT molecular complexity index is 1370. The smallest absolute Gasteiger partial charge is 0.306 e. The van der Waals surface area contributed by atoms with E-state index in [9.17, 15) is 9.90 Å². The van der Waals surface area contributed by atoms with E-state index in [1.807, 2.05) is 56.4 Å². The Morgan fingerprint density at radius 2 is 1.97 bits per heavy atom. The van der Waals surface area contributed by atoms with Crippen molar-refractivity contribution in [3.05, 3.63) is 59.4 Å². The summed E-state index contributed by atoms with van der Waals surface area (Å²) >= 11 is 0. The van der Waals surface area contributed by atoms with Crippen molar-refractivity contribution in [3.8, 4) is 17.1 Å². The van der Waals surface area contributed by atoms with E-state index in [0.717, 1.165) is 24.1 Å². The zero-order valence-corrected chi connectivity index (χ0v) is 20.8. The number of aliphatic carboxylic acids is 1. The largest absolute Gasteiger partial charge is 0.489 e. The number of carboxylic acid groups (broad SMARTS) is 1. The molecule has 0 radical (unpaired) electrons. The average molecular weight is 504 g/mol. The maximum Gasteiger partial charge on any atom is 0.306 e. The van der Waals surface area contributed by atoms with Crippen LogP contribution in [0.1, 0.15) is 42.6 Å². The quantitative estimate of drug-likeness (QED) is 0.349. The molecule has 3 aromatic heterocycles. The lowest BCUT2D eigenvalue weighted by Gasteiger charge is -2.27. The number of pyridine rings is 1. The number of ether oxygens (including phenoxy) is 1. The summed E-state index contributed by atoms with van der Waals surface area (Å²) in [5, 5.41) is 33.6. The van der Waals surface area contributed by atoms with E-state index < -0.39 is 5.97 Å². The maximum absolute atomic E-state index is 11.4. The molecule has 0 saturated heterocycles. The molecule has 0 bridgehead atoms. The van der Waals surface area contributed by atoms with Crippen LogP contribution < -0.4 is 10.1 Å². The van der Waals surface area contributed by atoms with Gasteiger partial charge in [-0.25, -0.2) is 9.67 Å². The minimum Gasteiger partial charge on any atom is -0.489 e. The van der Waals surface area contributed by atoms with E-state index >= 15 is 0 Å². The van der Waals surface area contributed by atoms with E-state index in [0.29, 0.717) is 54.7 Å². The van der Waals surface area contributed by atoms with Gasteiger partial charge in [0.1, 0.15) is 11.4 Å². The van der Waals surface area contributed by atoms with Crippen LogP contribution in [0.15, 0.2) is 42.5 Å². The SMILES string of the molecule is Cc1nc(-c2nnn(C)c2CNc2nnn(Cc3ccccc3)n2)ccc1O[C@H]1CCC[C@H](C(=O)O)C1. The van der Waals surface area contributed by atoms with Gasteiger partial charge in [0.2, 0.25) is 0 Å². The molecule has 0 unspecified atom stereocenters. The summed E-state index contributed by atoms with van der Waals surface area (Å²) in [6.07, 6.45) is 2.78. The monoisotopic (exact) mass is 503 g/mol. The van der Waals surface area contributed by atoms with E-state index in [4.69, 9.17) is 9.72 Å². The number of hydrogen-bond acceptors (Lipinski definition) is 9. The number of nitrogens with zero attached hydrogens (tertiary/aromatic N) is 8. The van der Waals surface area contributed by atoms with E-state index in [1.165, 1.54) is 4.80 Å². The second kappa shape index (κ2) is 10.7. The molecule has 1 aliphatic rings. The summed E-state index contributed by atoms with van der Waals surface area (Å²) in [5.41, 5.74) is 3.93. The Balaban J connectivity index is 1.25. The average Bonchev–Trinajstić information content (AvgIpc) is 3.50. The van der Waals surface area contributed by atoms with Gasteiger partial charge in [-0.05, 0) is 55.5 Å². The van der Waals surface area contributed by atoms with Crippen molar-refractivity contribution < 1.29 is 14.6 Å². The maximum atomic E-state index is 11.4. The number of hydrogen-bond donors (Lipinski definition) is 2. The molecule has 4 aromatic rings. The van der Waals surface area contributed by atoms with E-state index in [2.05, 4.69) is 31.0 Å². The predicted octanol–water partition coefficient (Wildman–Crippen LogP) is 2.85. The van der Waals surface area contributed by atoms with Gasteiger partial charge in [-0.1, -0.05) is 40.6 Å². The molecule has 5 rings (SSSR count). The first-order valence-corrected chi connectivity index (χ1v) is 12.3. The summed E-state index contributed by atoms with van der Waals surface area (Å²) in [7, 11) is 1.82. The van der Waals surface area contributed by atoms with Crippen LogP contribution in [0.3, 0.4) is 0 Å². The zero-order chi connectivity index (χ0) is 25.8. The Labute approximate surface area is 213 Å². The Hall–Kier alpha value is -4.35. The van der Waals surface area contributed by atoms with E-state index in [1.54, 1.807) is 4.68 Å². The molecule has 0 aliphatic heterocycles. The van der Waals surface area contributed by atoms with Gasteiger partial charge in [-0.3, -0.25) is 4.79 Å². The van der Waals surface area contributed by atoms with Gasteiger partial charge in [-0.15, -0.1) is 10.2 Å². The van der Waals surface area contributed by atoms with Crippen LogP contribution in [0.25, 0.3) is 11.4 Å². The number of anilines is 1. The van der Waals surface area contributed by atoms with Crippen LogP contribution >= 0.6 is 0 Å². The van der Waals surface area contributed by atoms with Crippen molar-refractivity contribution in [1.82, 2.24) is 40.2 Å². The highest BCUT2D eigenvalue weighted by molar-refractivity contribution is 5.70. The lowest BCUT2D eigenvalue weighted by Crippen LogP contribution is -2.29. The van der Waals surface area contributed by atoms with Crippen molar-refractivity contribution in [2.45, 2.75) is 51.8 Å². The lowest BCUT2D eigenvalue weighted by atomic mass is 9.87. The molecular weight excluding hydrogens is 474 g/mol. The normalized spacial score (nSPS) is 17.5. The van der Waals surface area contributed by atoms with Crippen molar-refractivity contribution in [3.63, 3.8) is 0 Å². The number of benzene rings is 1. The number of nitrogens with one attached hydrogen (secondary N) is 1. The van der Waals surface area contributed by atoms with Crippen LogP contribution in [0.4, 0.5) is 5.95 Å². The number of aromatic nitrogens is 8. The third kappa shape index (κ3) is 5.74. The summed E-state index contributed by atoms with van der Waals surface area (Å²) in [6.45, 7) is 2.79. The van der Waals surface area contributed by atoms with Gasteiger partial charge < -0.3 is 15.2 Å². The summed E-state index contributed by atoms with van der Waals surface area (Å²) in [5.74, 6) is -0.0442. The van der Waals surface area contributed by atoms with Gasteiger partial charge in [0, 0.05) is 7.05 Å². The third-order valence-electron chi connectivity index (χ3n) is 6.53. The second-order valence-corrected chi connectivity index (χ2v) is 9.21. The minimum absolute atomic E-state index is 0.125. The van der Waals surface area contributed by atoms with Crippen LogP contribution in [0.5, 0.6) is 5.75 Å². The first kappa shape index (κ1) is 24.3. The fraction of sp³-hybridized carbons (Fsp3) is 0.400. The van der Waals surface area contributed by atoms with Crippen LogP contribution in [-0.4, -0.2) is 57.4 Å². The standard InChI is InChI=1S/C25H29N9O3/c1-16-22(37-19-10-6-9-18(13-19)24(35)36)12-11-20(27-16)23-21(33(2)31-28-23)14-26-25-29-32-34(30-25)15-17-7-4-3-5-8-17/h3-5,7-8,11-12,18-19H,6,9-10,13-15H2,1-2H3,(H,26,30)(H,35,36)/t18-,19-/m0/s1. The van der Waals surface area contributed by atoms with Crippen molar-refractivity contribution in [2.75, 3.05) is 5.32 Å². The Morgan fingerprint density at radius 1 is 1.14 bits per heavy atom. The van der Waals surface area contributed by atoms with Gasteiger partial charge in [0.15, 0.2) is 0 Å². The number of aryl methyl sites for hydroxylation is 2. The molecule has 12 heteroatoms. The minimum atomic E-state index is -0.753. The van der Waals surface area contributed by atoms with Gasteiger partial charge in [0.05, 0.1) is 42.2 Å². The Morgan fingerprint density at radius 3 is 2.76 bits per heavy atom. The number of tetrazole rings is 1. The molecule has 1 saturated carbocycles. The van der Waals surface area contributed by atoms with Crippen LogP contribution in [-0.2, 0) is 24.9 Å².